The van der Waals surface area contributed by atoms with Crippen molar-refractivity contribution >= 4 is 40.2 Å². The van der Waals surface area contributed by atoms with Gasteiger partial charge in [-0.25, -0.2) is 0 Å². The summed E-state index contributed by atoms with van der Waals surface area (Å²) in [5.41, 5.74) is 0.680. The lowest BCUT2D eigenvalue weighted by Gasteiger charge is -2.10. The molecule has 2 amide bonds. The third kappa shape index (κ3) is 6.65. The van der Waals surface area contributed by atoms with Gasteiger partial charge in [0.2, 0.25) is 5.91 Å². The summed E-state index contributed by atoms with van der Waals surface area (Å²) < 4.78 is 45.9. The minimum Gasteiger partial charge on any atom is -0.497 e. The van der Waals surface area contributed by atoms with Crippen LogP contribution in [-0.4, -0.2) is 35.8 Å². The number of amides is 2. The minimum absolute atomic E-state index is 0.0497. The number of hydrogen-bond acceptors (Lipinski definition) is 4. The first-order chi connectivity index (χ1) is 17.7. The number of halogens is 3. The molecule has 1 heterocycles. The number of anilines is 1. The first-order valence-corrected chi connectivity index (χ1v) is 12.3. The van der Waals surface area contributed by atoms with Crippen LogP contribution in [0.2, 0.25) is 0 Å². The standard InChI is InChI=1S/C27H24F3N3O3S/c1-36-21-11-9-20(10-12-21)32-25(34)17-37-24-16-33(23-8-3-2-7-22(23)24)14-13-31-26(35)18-5-4-6-19(15-18)27(28,29)30/h2-12,15-16H,13-14,17H2,1H3,(H,31,35)(H,32,34). The minimum atomic E-state index is -4.51. The van der Waals surface area contributed by atoms with Gasteiger partial charge in [-0.15, -0.1) is 11.8 Å². The zero-order chi connectivity index (χ0) is 26.4. The smallest absolute Gasteiger partial charge is 0.416 e. The first-order valence-electron chi connectivity index (χ1n) is 11.3. The molecule has 3 aromatic carbocycles. The van der Waals surface area contributed by atoms with Crippen molar-refractivity contribution < 1.29 is 27.5 Å². The molecule has 0 aliphatic rings. The summed E-state index contributed by atoms with van der Waals surface area (Å²) in [6, 6.07) is 19.1. The van der Waals surface area contributed by atoms with Crippen molar-refractivity contribution in [3.8, 4) is 5.75 Å². The Morgan fingerprint density at radius 3 is 2.49 bits per heavy atom. The van der Waals surface area contributed by atoms with E-state index in [1.54, 1.807) is 31.4 Å². The van der Waals surface area contributed by atoms with Crippen molar-refractivity contribution in [3.05, 3.63) is 90.1 Å². The van der Waals surface area contributed by atoms with Gasteiger partial charge in [0, 0.05) is 46.3 Å². The van der Waals surface area contributed by atoms with E-state index in [2.05, 4.69) is 10.6 Å². The number of methoxy groups -OCH3 is 1. The number of nitrogens with one attached hydrogen (secondary N) is 2. The van der Waals surface area contributed by atoms with Crippen LogP contribution in [0.4, 0.5) is 18.9 Å². The van der Waals surface area contributed by atoms with Gasteiger partial charge in [-0.05, 0) is 48.5 Å². The Hall–Kier alpha value is -3.92. The molecule has 0 spiro atoms. The average molecular weight is 528 g/mol. The van der Waals surface area contributed by atoms with E-state index in [1.165, 1.54) is 23.9 Å². The van der Waals surface area contributed by atoms with E-state index in [9.17, 15) is 22.8 Å². The van der Waals surface area contributed by atoms with Crippen LogP contribution < -0.4 is 15.4 Å². The SMILES string of the molecule is COc1ccc(NC(=O)CSc2cn(CCNC(=O)c3cccc(C(F)(F)F)c3)c3ccccc23)cc1. The number of hydrogen-bond donors (Lipinski definition) is 2. The lowest BCUT2D eigenvalue weighted by atomic mass is 10.1. The van der Waals surface area contributed by atoms with E-state index >= 15 is 0 Å². The fourth-order valence-electron chi connectivity index (χ4n) is 3.76. The summed E-state index contributed by atoms with van der Waals surface area (Å²) in [5, 5.41) is 6.50. The molecule has 192 valence electrons. The van der Waals surface area contributed by atoms with Gasteiger partial charge in [0.05, 0.1) is 18.4 Å². The average Bonchev–Trinajstić information content (AvgIpc) is 3.25. The Bertz CT molecular complexity index is 1400. The van der Waals surface area contributed by atoms with Crippen molar-refractivity contribution in [2.75, 3.05) is 24.7 Å². The summed E-state index contributed by atoms with van der Waals surface area (Å²) in [4.78, 5) is 25.8. The lowest BCUT2D eigenvalue weighted by molar-refractivity contribution is -0.137. The van der Waals surface area contributed by atoms with Crippen molar-refractivity contribution in [1.29, 1.82) is 0 Å². The molecule has 0 radical (unpaired) electrons. The van der Waals surface area contributed by atoms with Crippen LogP contribution in [0, 0.1) is 0 Å². The number of alkyl halides is 3. The van der Waals surface area contributed by atoms with Crippen LogP contribution in [-0.2, 0) is 17.5 Å². The van der Waals surface area contributed by atoms with Crippen molar-refractivity contribution in [1.82, 2.24) is 9.88 Å². The van der Waals surface area contributed by atoms with Crippen LogP contribution >= 0.6 is 11.8 Å². The number of ether oxygens (including phenoxy) is 1. The number of para-hydroxylation sites is 1. The van der Waals surface area contributed by atoms with Gasteiger partial charge in [-0.3, -0.25) is 9.59 Å². The summed E-state index contributed by atoms with van der Waals surface area (Å²) in [5.74, 6) is 0.172. The van der Waals surface area contributed by atoms with Gasteiger partial charge in [-0.2, -0.15) is 13.2 Å². The highest BCUT2D eigenvalue weighted by molar-refractivity contribution is 8.00. The van der Waals surface area contributed by atoms with Gasteiger partial charge in [0.1, 0.15) is 5.75 Å². The Kier molecular flexibility index (Phi) is 8.08. The quantitative estimate of drug-likeness (QED) is 0.269. The summed E-state index contributed by atoms with van der Waals surface area (Å²) in [7, 11) is 1.57. The summed E-state index contributed by atoms with van der Waals surface area (Å²) in [6.45, 7) is 0.625. The first kappa shape index (κ1) is 26.2. The van der Waals surface area contributed by atoms with E-state index < -0.39 is 17.6 Å². The van der Waals surface area contributed by atoms with Gasteiger partial charge in [0.15, 0.2) is 0 Å². The third-order valence-corrected chi connectivity index (χ3v) is 6.62. The Morgan fingerprint density at radius 2 is 1.76 bits per heavy atom. The van der Waals surface area contributed by atoms with E-state index in [4.69, 9.17) is 4.74 Å². The number of rotatable bonds is 9. The summed E-state index contributed by atoms with van der Waals surface area (Å²) in [6.07, 6.45) is -2.60. The van der Waals surface area contributed by atoms with Crippen molar-refractivity contribution in [3.63, 3.8) is 0 Å². The van der Waals surface area contributed by atoms with Crippen LogP contribution in [0.3, 0.4) is 0 Å². The normalized spacial score (nSPS) is 11.4. The molecular formula is C27H24F3N3O3S. The third-order valence-electron chi connectivity index (χ3n) is 5.57. The summed E-state index contributed by atoms with van der Waals surface area (Å²) >= 11 is 1.39. The highest BCUT2D eigenvalue weighted by Crippen LogP contribution is 2.31. The molecule has 0 bridgehead atoms. The number of fused-ring (bicyclic) bond motifs is 1. The molecule has 2 N–H and O–H groups in total. The number of thioether (sulfide) groups is 1. The Balaban J connectivity index is 1.37. The maximum atomic E-state index is 12.9. The zero-order valence-electron chi connectivity index (χ0n) is 19.8. The number of carbonyl (C=O) groups is 2. The predicted octanol–water partition coefficient (Wildman–Crippen LogP) is 5.83. The van der Waals surface area contributed by atoms with Gasteiger partial charge < -0.3 is 19.9 Å². The zero-order valence-corrected chi connectivity index (χ0v) is 20.7. The fraction of sp³-hybridized carbons (Fsp3) is 0.185. The number of carbonyl (C=O) groups excluding carboxylic acids is 2. The Morgan fingerprint density at radius 1 is 1.00 bits per heavy atom. The molecule has 0 saturated carbocycles. The van der Waals surface area contributed by atoms with E-state index in [0.29, 0.717) is 18.0 Å². The highest BCUT2D eigenvalue weighted by atomic mass is 32.2. The fourth-order valence-corrected chi connectivity index (χ4v) is 4.65. The molecule has 10 heteroatoms. The number of aromatic nitrogens is 1. The largest absolute Gasteiger partial charge is 0.497 e. The van der Waals surface area contributed by atoms with E-state index in [-0.39, 0.29) is 23.8 Å². The topological polar surface area (TPSA) is 72.4 Å². The van der Waals surface area contributed by atoms with Crippen LogP contribution in [0.5, 0.6) is 5.75 Å². The van der Waals surface area contributed by atoms with Crippen molar-refractivity contribution in [2.45, 2.75) is 17.6 Å². The molecular weight excluding hydrogens is 503 g/mol. The molecule has 4 rings (SSSR count). The molecule has 0 fully saturated rings. The molecule has 0 unspecified atom stereocenters. The van der Waals surface area contributed by atoms with Gasteiger partial charge in [0.25, 0.3) is 5.91 Å². The van der Waals surface area contributed by atoms with Gasteiger partial charge in [-0.1, -0.05) is 24.3 Å². The second kappa shape index (κ2) is 11.4. The maximum absolute atomic E-state index is 12.9. The maximum Gasteiger partial charge on any atom is 0.416 e. The second-order valence-electron chi connectivity index (χ2n) is 8.10. The molecule has 0 saturated heterocycles. The van der Waals surface area contributed by atoms with E-state index in [1.807, 2.05) is 35.0 Å². The molecule has 37 heavy (non-hydrogen) atoms. The molecule has 1 aromatic heterocycles. The van der Waals surface area contributed by atoms with E-state index in [0.717, 1.165) is 27.9 Å². The van der Waals surface area contributed by atoms with Gasteiger partial charge >= 0.3 is 6.18 Å². The van der Waals surface area contributed by atoms with Crippen LogP contribution in [0.1, 0.15) is 15.9 Å². The van der Waals surface area contributed by atoms with Crippen LogP contribution in [0.25, 0.3) is 10.9 Å². The highest BCUT2D eigenvalue weighted by Gasteiger charge is 2.30. The van der Waals surface area contributed by atoms with Crippen molar-refractivity contribution in [2.24, 2.45) is 0 Å². The predicted molar refractivity (Wildman–Crippen MR) is 138 cm³/mol. The lowest BCUT2D eigenvalue weighted by Crippen LogP contribution is -2.27. The molecule has 4 aromatic rings. The van der Waals surface area contributed by atoms with Crippen LogP contribution in [0.15, 0.2) is 83.9 Å². The number of benzene rings is 3. The monoisotopic (exact) mass is 527 g/mol. The molecule has 6 nitrogen and oxygen atoms in total. The number of nitrogens with zero attached hydrogens (tertiary/aromatic N) is 1. The molecule has 0 aliphatic carbocycles. The molecule has 0 atom stereocenters. The molecule has 0 aliphatic heterocycles. The second-order valence-corrected chi connectivity index (χ2v) is 9.12. The Labute approximate surface area is 215 Å².